The Balaban J connectivity index is 1.99. The molecule has 1 aromatic rings. The second-order valence-corrected chi connectivity index (χ2v) is 5.11. The lowest BCUT2D eigenvalue weighted by Gasteiger charge is -2.21. The van der Waals surface area contributed by atoms with E-state index in [-0.39, 0.29) is 18.4 Å². The molecule has 2 N–H and O–H groups in total. The molecule has 0 bridgehead atoms. The van der Waals surface area contributed by atoms with Gasteiger partial charge in [0.05, 0.1) is 13.2 Å². The zero-order valence-corrected chi connectivity index (χ0v) is 12.6. The van der Waals surface area contributed by atoms with Gasteiger partial charge in [-0.25, -0.2) is 4.98 Å². The van der Waals surface area contributed by atoms with Crippen molar-refractivity contribution >= 4 is 17.5 Å². The molecule has 1 atom stereocenters. The van der Waals surface area contributed by atoms with Crippen molar-refractivity contribution in [3.8, 4) is 5.88 Å². The van der Waals surface area contributed by atoms with Crippen LogP contribution in [0.2, 0.25) is 0 Å². The first-order valence-electron chi connectivity index (χ1n) is 7.46. The topological polar surface area (TPSA) is 91.8 Å². The number of carbonyl (C=O) groups excluding carboxylic acids is 2. The molecule has 1 unspecified atom stereocenters. The summed E-state index contributed by atoms with van der Waals surface area (Å²) in [6.07, 6.45) is 2.59. The monoisotopic (exact) mass is 307 g/mol. The highest BCUT2D eigenvalue weighted by atomic mass is 16.5. The zero-order valence-electron chi connectivity index (χ0n) is 12.6. The van der Waals surface area contributed by atoms with Crippen LogP contribution in [0.25, 0.3) is 0 Å². The minimum absolute atomic E-state index is 0.0870. The quantitative estimate of drug-likeness (QED) is 0.839. The fourth-order valence-electron chi connectivity index (χ4n) is 2.34. The Morgan fingerprint density at radius 2 is 2.36 bits per heavy atom. The number of hydrogen-bond donors (Lipinski definition) is 2. The summed E-state index contributed by atoms with van der Waals surface area (Å²) in [6, 6.07) is 3.38. The molecular weight excluding hydrogens is 286 g/mol. The number of ether oxygens (including phenoxy) is 1. The van der Waals surface area contributed by atoms with Crippen LogP contribution in [-0.2, 0) is 9.59 Å². The van der Waals surface area contributed by atoms with Crippen LogP contribution in [0.3, 0.4) is 0 Å². The number of aliphatic hydroxyl groups is 1. The average Bonchev–Trinajstić information content (AvgIpc) is 2.65. The number of nitrogens with zero attached hydrogens (tertiary/aromatic N) is 2. The van der Waals surface area contributed by atoms with E-state index in [1.54, 1.807) is 18.3 Å². The summed E-state index contributed by atoms with van der Waals surface area (Å²) in [5.74, 6) is -0.374. The van der Waals surface area contributed by atoms with Gasteiger partial charge in [0.1, 0.15) is 11.8 Å². The van der Waals surface area contributed by atoms with Gasteiger partial charge >= 0.3 is 0 Å². The molecule has 1 aliphatic rings. The van der Waals surface area contributed by atoms with Crippen molar-refractivity contribution < 1.29 is 19.4 Å². The van der Waals surface area contributed by atoms with Gasteiger partial charge in [0.25, 0.3) is 5.91 Å². The summed E-state index contributed by atoms with van der Waals surface area (Å²) >= 11 is 0. The van der Waals surface area contributed by atoms with Crippen molar-refractivity contribution in [3.05, 3.63) is 18.3 Å². The van der Waals surface area contributed by atoms with E-state index in [4.69, 9.17) is 4.74 Å². The minimum atomic E-state index is -1.01. The lowest BCUT2D eigenvalue weighted by atomic mass is 10.2. The number of carbonyl (C=O) groups is 2. The van der Waals surface area contributed by atoms with Crippen LogP contribution in [0.5, 0.6) is 5.88 Å². The number of nitrogens with one attached hydrogen (secondary N) is 1. The van der Waals surface area contributed by atoms with Gasteiger partial charge in [-0.05, 0) is 38.3 Å². The maximum Gasteiger partial charge on any atom is 0.251 e. The number of rotatable bonds is 5. The van der Waals surface area contributed by atoms with Gasteiger partial charge in [-0.2, -0.15) is 0 Å². The molecule has 1 fully saturated rings. The van der Waals surface area contributed by atoms with E-state index in [0.29, 0.717) is 31.1 Å². The van der Waals surface area contributed by atoms with E-state index in [1.165, 1.54) is 4.90 Å². The third kappa shape index (κ3) is 4.17. The van der Waals surface area contributed by atoms with Crippen LogP contribution in [0.4, 0.5) is 5.69 Å². The SMILES string of the molecule is CCOc1ncccc1NC(=O)CN1CCCCC(O)C1=O. The highest BCUT2D eigenvalue weighted by molar-refractivity contribution is 5.95. The van der Waals surface area contributed by atoms with E-state index in [9.17, 15) is 14.7 Å². The third-order valence-corrected chi connectivity index (χ3v) is 3.41. The van der Waals surface area contributed by atoms with Gasteiger partial charge in [-0.15, -0.1) is 0 Å². The van der Waals surface area contributed by atoms with Gasteiger partial charge in [-0.1, -0.05) is 0 Å². The van der Waals surface area contributed by atoms with Gasteiger partial charge < -0.3 is 20.1 Å². The van der Waals surface area contributed by atoms with Crippen molar-refractivity contribution in [2.45, 2.75) is 32.3 Å². The molecule has 7 nitrogen and oxygen atoms in total. The van der Waals surface area contributed by atoms with E-state index < -0.39 is 6.10 Å². The Hall–Kier alpha value is -2.15. The van der Waals surface area contributed by atoms with E-state index in [1.807, 2.05) is 6.92 Å². The van der Waals surface area contributed by atoms with Gasteiger partial charge in [0.2, 0.25) is 11.8 Å². The molecule has 0 aliphatic carbocycles. The van der Waals surface area contributed by atoms with Gasteiger partial charge in [0.15, 0.2) is 0 Å². The van der Waals surface area contributed by atoms with Crippen molar-refractivity contribution in [3.63, 3.8) is 0 Å². The van der Waals surface area contributed by atoms with Crippen LogP contribution < -0.4 is 10.1 Å². The summed E-state index contributed by atoms with van der Waals surface area (Å²) in [4.78, 5) is 29.5. The number of hydrogen-bond acceptors (Lipinski definition) is 5. The molecule has 22 heavy (non-hydrogen) atoms. The fourth-order valence-corrected chi connectivity index (χ4v) is 2.34. The molecule has 0 radical (unpaired) electrons. The first kappa shape index (κ1) is 16.2. The van der Waals surface area contributed by atoms with Crippen LogP contribution in [0, 0.1) is 0 Å². The summed E-state index contributed by atoms with van der Waals surface area (Å²) in [5.41, 5.74) is 0.470. The minimum Gasteiger partial charge on any atom is -0.476 e. The Kier molecular flexibility index (Phi) is 5.71. The molecule has 0 aromatic carbocycles. The number of pyridine rings is 1. The number of aromatic nitrogens is 1. The first-order valence-corrected chi connectivity index (χ1v) is 7.46. The summed E-state index contributed by atoms with van der Waals surface area (Å²) in [6.45, 7) is 2.67. The summed E-state index contributed by atoms with van der Waals surface area (Å²) < 4.78 is 5.34. The van der Waals surface area contributed by atoms with Crippen molar-refractivity contribution in [2.75, 3.05) is 25.0 Å². The number of likely N-dealkylation sites (tertiary alicyclic amines) is 1. The Bertz CT molecular complexity index is 535. The molecule has 0 spiro atoms. The molecule has 0 saturated carbocycles. The Morgan fingerprint density at radius 3 is 3.14 bits per heavy atom. The van der Waals surface area contributed by atoms with Crippen LogP contribution in [-0.4, -0.2) is 52.6 Å². The number of aliphatic hydroxyl groups excluding tert-OH is 1. The second kappa shape index (κ2) is 7.74. The van der Waals surface area contributed by atoms with Crippen LogP contribution >= 0.6 is 0 Å². The summed E-state index contributed by atoms with van der Waals surface area (Å²) in [7, 11) is 0. The second-order valence-electron chi connectivity index (χ2n) is 5.11. The maximum atomic E-state index is 12.1. The van der Waals surface area contributed by atoms with Gasteiger partial charge in [-0.3, -0.25) is 9.59 Å². The lowest BCUT2D eigenvalue weighted by molar-refractivity contribution is -0.141. The highest BCUT2D eigenvalue weighted by Gasteiger charge is 2.26. The molecule has 2 heterocycles. The smallest absolute Gasteiger partial charge is 0.251 e. The number of anilines is 1. The van der Waals surface area contributed by atoms with Crippen molar-refractivity contribution in [1.29, 1.82) is 0 Å². The normalized spacial score (nSPS) is 18.7. The molecular formula is C15H21N3O4. The molecule has 7 heteroatoms. The highest BCUT2D eigenvalue weighted by Crippen LogP contribution is 2.20. The molecule has 120 valence electrons. The Morgan fingerprint density at radius 1 is 1.55 bits per heavy atom. The standard InChI is InChI=1S/C15H21N3O4/c1-2-22-14-11(6-5-8-16-14)17-13(20)10-18-9-4-3-7-12(19)15(18)21/h5-6,8,12,19H,2-4,7,9-10H2,1H3,(H,17,20). The summed E-state index contributed by atoms with van der Waals surface area (Å²) in [5, 5.41) is 12.4. The van der Waals surface area contributed by atoms with Crippen LogP contribution in [0.15, 0.2) is 18.3 Å². The number of amides is 2. The molecule has 2 rings (SSSR count). The predicted molar refractivity (Wildman–Crippen MR) is 80.5 cm³/mol. The maximum absolute atomic E-state index is 12.1. The van der Waals surface area contributed by atoms with E-state index >= 15 is 0 Å². The molecule has 1 aromatic heterocycles. The lowest BCUT2D eigenvalue weighted by Crippen LogP contribution is -2.42. The molecule has 1 saturated heterocycles. The van der Waals surface area contributed by atoms with Crippen molar-refractivity contribution in [2.24, 2.45) is 0 Å². The third-order valence-electron chi connectivity index (χ3n) is 3.41. The predicted octanol–water partition coefficient (Wildman–Crippen LogP) is 0.792. The molecule has 2 amide bonds. The first-order chi connectivity index (χ1) is 10.6. The molecule has 1 aliphatic heterocycles. The van der Waals surface area contributed by atoms with Gasteiger partial charge in [0, 0.05) is 12.7 Å². The zero-order chi connectivity index (χ0) is 15.9. The average molecular weight is 307 g/mol. The van der Waals surface area contributed by atoms with Crippen molar-refractivity contribution in [1.82, 2.24) is 9.88 Å². The fraction of sp³-hybridized carbons (Fsp3) is 0.533. The van der Waals surface area contributed by atoms with E-state index in [0.717, 1.165) is 12.8 Å². The van der Waals surface area contributed by atoms with Crippen LogP contribution in [0.1, 0.15) is 26.2 Å². The van der Waals surface area contributed by atoms with E-state index in [2.05, 4.69) is 10.3 Å². The largest absolute Gasteiger partial charge is 0.476 e. The Labute approximate surface area is 129 Å².